The summed E-state index contributed by atoms with van der Waals surface area (Å²) in [4.78, 5) is 30.8. The Kier molecular flexibility index (Phi) is 7.34. The Morgan fingerprint density at radius 1 is 1.32 bits per heavy atom. The fraction of sp³-hybridized carbons (Fsp3) is 0.594. The molecule has 1 heterocycles. The molecule has 6 unspecified atom stereocenters. The normalized spacial score (nSPS) is 36.6. The number of benzene rings is 1. The molecule has 3 saturated carbocycles. The van der Waals surface area contributed by atoms with Crippen LogP contribution < -0.4 is 0 Å². The molecule has 8 atom stereocenters. The monoisotopic (exact) mass is 599 g/mol. The Balaban J connectivity index is 1.30. The summed E-state index contributed by atoms with van der Waals surface area (Å²) in [5.74, 6) is -0.649. The predicted molar refractivity (Wildman–Crippen MR) is 158 cm³/mol. The highest BCUT2D eigenvalue weighted by Gasteiger charge is 2.65. The van der Waals surface area contributed by atoms with Crippen molar-refractivity contribution in [2.75, 3.05) is 12.9 Å². The van der Waals surface area contributed by atoms with Gasteiger partial charge in [0.15, 0.2) is 17.2 Å². The summed E-state index contributed by atoms with van der Waals surface area (Å²) in [6, 6.07) is 5.27. The Morgan fingerprint density at radius 3 is 2.85 bits per heavy atom. The third kappa shape index (κ3) is 4.93. The SMILES string of the molecule is COC(C)(C)O[C@@H]1CC2C3CCC4=CC(=O)C=CC4(C)C3[C@@H](O)CC2(C)C1C(=O)CSc1nc2cc(Cl)ccc2o1. The summed E-state index contributed by atoms with van der Waals surface area (Å²) >= 11 is 7.39. The van der Waals surface area contributed by atoms with E-state index in [1.54, 1.807) is 37.5 Å². The smallest absolute Gasteiger partial charge is 0.257 e. The van der Waals surface area contributed by atoms with E-state index in [-0.39, 0.29) is 46.6 Å². The average molecular weight is 600 g/mol. The van der Waals surface area contributed by atoms with Gasteiger partial charge in [-0.2, -0.15) is 0 Å². The van der Waals surface area contributed by atoms with E-state index in [0.717, 1.165) is 24.8 Å². The number of ketones is 2. The van der Waals surface area contributed by atoms with E-state index in [4.69, 9.17) is 25.5 Å². The van der Waals surface area contributed by atoms with Crippen LogP contribution in [0.3, 0.4) is 0 Å². The minimum absolute atomic E-state index is 0.0178. The summed E-state index contributed by atoms with van der Waals surface area (Å²) in [6.07, 6.45) is 7.39. The predicted octanol–water partition coefficient (Wildman–Crippen LogP) is 6.41. The van der Waals surface area contributed by atoms with Crippen molar-refractivity contribution < 1.29 is 28.6 Å². The topological polar surface area (TPSA) is 98.9 Å². The lowest BCUT2D eigenvalue weighted by Crippen LogP contribution is -2.56. The summed E-state index contributed by atoms with van der Waals surface area (Å²) in [5.41, 5.74) is 1.58. The highest BCUT2D eigenvalue weighted by molar-refractivity contribution is 7.99. The zero-order valence-electron chi connectivity index (χ0n) is 24.2. The number of carbonyl (C=O) groups is 2. The zero-order valence-corrected chi connectivity index (χ0v) is 25.8. The van der Waals surface area contributed by atoms with Crippen molar-refractivity contribution in [2.24, 2.45) is 34.5 Å². The maximum absolute atomic E-state index is 14.2. The van der Waals surface area contributed by atoms with Gasteiger partial charge in [-0.05, 0) is 87.1 Å². The molecule has 2 aromatic rings. The molecule has 0 radical (unpaired) electrons. The van der Waals surface area contributed by atoms with Gasteiger partial charge in [0, 0.05) is 23.5 Å². The fourth-order valence-electron chi connectivity index (χ4n) is 8.59. The summed E-state index contributed by atoms with van der Waals surface area (Å²) in [5, 5.41) is 12.8. The van der Waals surface area contributed by atoms with Crippen molar-refractivity contribution in [3.63, 3.8) is 0 Å². The molecule has 0 aliphatic heterocycles. The number of aliphatic hydroxyl groups excluding tert-OH is 1. The first-order valence-electron chi connectivity index (χ1n) is 14.4. The average Bonchev–Trinajstić information content (AvgIpc) is 3.44. The van der Waals surface area contributed by atoms with Gasteiger partial charge in [-0.1, -0.05) is 48.9 Å². The molecule has 6 rings (SSSR count). The zero-order chi connectivity index (χ0) is 29.3. The number of hydrogen-bond donors (Lipinski definition) is 1. The second kappa shape index (κ2) is 10.3. The van der Waals surface area contributed by atoms with Gasteiger partial charge in [-0.25, -0.2) is 4.98 Å². The van der Waals surface area contributed by atoms with Crippen LogP contribution >= 0.6 is 23.4 Å². The van der Waals surface area contributed by atoms with E-state index in [0.29, 0.717) is 27.8 Å². The van der Waals surface area contributed by atoms with Crippen LogP contribution in [0.15, 0.2) is 51.6 Å². The molecule has 9 heteroatoms. The number of oxazole rings is 1. The second-order valence-electron chi connectivity index (χ2n) is 13.1. The van der Waals surface area contributed by atoms with E-state index in [2.05, 4.69) is 18.8 Å². The van der Waals surface area contributed by atoms with Crippen LogP contribution in [0.4, 0.5) is 0 Å². The van der Waals surface area contributed by atoms with E-state index >= 15 is 0 Å². The molecule has 4 aliphatic rings. The van der Waals surface area contributed by atoms with Gasteiger partial charge in [0.25, 0.3) is 5.22 Å². The molecule has 41 heavy (non-hydrogen) atoms. The van der Waals surface area contributed by atoms with Crippen LogP contribution in [0.5, 0.6) is 0 Å². The number of fused-ring (bicyclic) bond motifs is 6. The number of thioether (sulfide) groups is 1. The number of nitrogens with zero attached hydrogens (tertiary/aromatic N) is 1. The van der Waals surface area contributed by atoms with Crippen molar-refractivity contribution >= 4 is 46.0 Å². The summed E-state index contributed by atoms with van der Waals surface area (Å²) in [6.45, 7) is 8.08. The minimum Gasteiger partial charge on any atom is -0.431 e. The molecule has 7 nitrogen and oxygen atoms in total. The number of ether oxygens (including phenoxy) is 2. The lowest BCUT2D eigenvalue weighted by molar-refractivity contribution is -0.231. The van der Waals surface area contributed by atoms with Gasteiger partial charge < -0.3 is 19.0 Å². The van der Waals surface area contributed by atoms with Gasteiger partial charge in [-0.3, -0.25) is 9.59 Å². The number of halogens is 1. The van der Waals surface area contributed by atoms with Crippen LogP contribution in [-0.2, 0) is 19.1 Å². The number of aromatic nitrogens is 1. The van der Waals surface area contributed by atoms with Crippen molar-refractivity contribution in [2.45, 2.75) is 76.6 Å². The molecular weight excluding hydrogens is 562 g/mol. The van der Waals surface area contributed by atoms with Crippen LogP contribution in [0.25, 0.3) is 11.1 Å². The maximum Gasteiger partial charge on any atom is 0.257 e. The minimum atomic E-state index is -0.862. The molecule has 3 fully saturated rings. The lowest BCUT2D eigenvalue weighted by atomic mass is 9.46. The largest absolute Gasteiger partial charge is 0.431 e. The van der Waals surface area contributed by atoms with Crippen molar-refractivity contribution in [1.29, 1.82) is 0 Å². The van der Waals surface area contributed by atoms with E-state index in [9.17, 15) is 14.7 Å². The molecule has 220 valence electrons. The van der Waals surface area contributed by atoms with Gasteiger partial charge in [0.2, 0.25) is 0 Å². The van der Waals surface area contributed by atoms with E-state index in [1.165, 1.54) is 11.8 Å². The number of carbonyl (C=O) groups excluding carboxylic acids is 2. The van der Waals surface area contributed by atoms with Crippen LogP contribution in [0.1, 0.15) is 53.4 Å². The van der Waals surface area contributed by atoms with Gasteiger partial charge in [0.05, 0.1) is 23.9 Å². The highest BCUT2D eigenvalue weighted by atomic mass is 35.5. The number of allylic oxidation sites excluding steroid dienone is 4. The first-order chi connectivity index (χ1) is 19.3. The Morgan fingerprint density at radius 2 is 2.10 bits per heavy atom. The Hall–Kier alpha value is -1.97. The number of rotatable bonds is 7. The van der Waals surface area contributed by atoms with Crippen LogP contribution in [0, 0.1) is 34.5 Å². The molecule has 0 spiro atoms. The molecule has 0 bridgehead atoms. The molecular formula is C32H38ClNO6S. The number of Topliss-reactive ketones (excluding diaryl/α,β-unsaturated/α-hetero) is 1. The highest BCUT2D eigenvalue weighted by Crippen LogP contribution is 2.66. The van der Waals surface area contributed by atoms with Gasteiger partial charge in [-0.15, -0.1) is 0 Å². The third-order valence-electron chi connectivity index (χ3n) is 10.4. The maximum atomic E-state index is 14.2. The van der Waals surface area contributed by atoms with Gasteiger partial charge in [0.1, 0.15) is 11.3 Å². The number of aliphatic hydroxyl groups is 1. The first-order valence-corrected chi connectivity index (χ1v) is 15.8. The summed E-state index contributed by atoms with van der Waals surface area (Å²) < 4.78 is 18.1. The Labute approximate surface area is 250 Å². The second-order valence-corrected chi connectivity index (χ2v) is 14.5. The molecule has 1 aromatic heterocycles. The van der Waals surface area contributed by atoms with E-state index < -0.39 is 23.2 Å². The Bertz CT molecular complexity index is 1450. The summed E-state index contributed by atoms with van der Waals surface area (Å²) in [7, 11) is 1.61. The van der Waals surface area contributed by atoms with E-state index in [1.807, 2.05) is 19.9 Å². The van der Waals surface area contributed by atoms with Crippen molar-refractivity contribution in [3.8, 4) is 0 Å². The van der Waals surface area contributed by atoms with Crippen LogP contribution in [-0.4, -0.2) is 52.5 Å². The van der Waals surface area contributed by atoms with Crippen LogP contribution in [0.2, 0.25) is 5.02 Å². The standard InChI is InChI=1S/C32H38ClNO6S/c1-30(2,38-5)40-26-14-21-20-8-6-17-12-19(35)10-11-31(17,3)27(20)23(36)15-32(21,4)28(26)24(37)16-41-29-34-22-13-18(33)7-9-25(22)39-29/h7,9-13,20-21,23,26-28,36H,6,8,14-16H2,1-5H3/t20?,21?,23-,26+,27?,28?,31?,32?/m0/s1. The fourth-order valence-corrected chi connectivity index (χ4v) is 9.51. The molecule has 4 aliphatic carbocycles. The molecule has 0 amide bonds. The molecule has 0 saturated heterocycles. The van der Waals surface area contributed by atoms with Crippen molar-refractivity contribution in [1.82, 2.24) is 4.98 Å². The molecule has 1 aromatic carbocycles. The van der Waals surface area contributed by atoms with Gasteiger partial charge >= 0.3 is 0 Å². The lowest BCUT2D eigenvalue weighted by Gasteiger charge is -2.58. The quantitative estimate of drug-likeness (QED) is 0.288. The third-order valence-corrected chi connectivity index (χ3v) is 11.5. The number of methoxy groups -OCH3 is 1. The first kappa shape index (κ1) is 29.1. The number of hydrogen-bond acceptors (Lipinski definition) is 8. The van der Waals surface area contributed by atoms with Crippen molar-refractivity contribution in [3.05, 3.63) is 47.0 Å². The molecule has 1 N–H and O–H groups in total.